The van der Waals surface area contributed by atoms with Crippen molar-refractivity contribution in [3.05, 3.63) is 12.4 Å². The molecule has 0 aromatic rings. The SMILES string of the molecule is CN1C=CNC1.N. The van der Waals surface area contributed by atoms with Gasteiger partial charge in [-0.2, -0.15) is 0 Å². The lowest BCUT2D eigenvalue weighted by Gasteiger charge is -2.02. The predicted octanol–water partition coefficient (Wildman–Crippen LogP) is 0.112. The van der Waals surface area contributed by atoms with Gasteiger partial charge in [0.15, 0.2) is 0 Å². The van der Waals surface area contributed by atoms with Gasteiger partial charge in [0.2, 0.25) is 0 Å². The summed E-state index contributed by atoms with van der Waals surface area (Å²) in [5.41, 5.74) is 0. The Labute approximate surface area is 43.6 Å². The maximum absolute atomic E-state index is 3.02. The molecule has 1 aliphatic heterocycles. The first-order valence-corrected chi connectivity index (χ1v) is 2.00. The Bertz CT molecular complexity index is 69.3. The molecule has 0 unspecified atom stereocenters. The average molecular weight is 101 g/mol. The van der Waals surface area contributed by atoms with Gasteiger partial charge < -0.3 is 16.4 Å². The molecule has 0 aliphatic carbocycles. The largest absolute Gasteiger partial charge is 0.373 e. The van der Waals surface area contributed by atoms with Crippen molar-refractivity contribution in [1.29, 1.82) is 0 Å². The van der Waals surface area contributed by atoms with Gasteiger partial charge in [0, 0.05) is 19.4 Å². The summed E-state index contributed by atoms with van der Waals surface area (Å²) < 4.78 is 0. The van der Waals surface area contributed by atoms with Gasteiger partial charge in [-0.3, -0.25) is 0 Å². The Morgan fingerprint density at radius 3 is 2.57 bits per heavy atom. The van der Waals surface area contributed by atoms with E-state index in [1.54, 1.807) is 0 Å². The lowest BCUT2D eigenvalue weighted by molar-refractivity contribution is 0.474. The molecule has 1 rings (SSSR count). The van der Waals surface area contributed by atoms with Crippen molar-refractivity contribution < 1.29 is 0 Å². The normalized spacial score (nSPS) is 15.9. The van der Waals surface area contributed by atoms with E-state index in [0.29, 0.717) is 0 Å². The maximum atomic E-state index is 3.02. The van der Waals surface area contributed by atoms with E-state index in [-0.39, 0.29) is 6.15 Å². The molecule has 7 heavy (non-hydrogen) atoms. The summed E-state index contributed by atoms with van der Waals surface area (Å²) in [5, 5.41) is 3.02. The van der Waals surface area contributed by atoms with E-state index in [0.717, 1.165) is 6.67 Å². The molecule has 3 nitrogen and oxygen atoms in total. The monoisotopic (exact) mass is 101 g/mol. The Kier molecular flexibility index (Phi) is 2.22. The quantitative estimate of drug-likeness (QED) is 0.455. The van der Waals surface area contributed by atoms with Gasteiger partial charge >= 0.3 is 0 Å². The second-order valence-corrected chi connectivity index (χ2v) is 1.43. The highest BCUT2D eigenvalue weighted by atomic mass is 15.2. The molecule has 0 bridgehead atoms. The minimum absolute atomic E-state index is 0. The molecule has 0 atom stereocenters. The van der Waals surface area contributed by atoms with Crippen molar-refractivity contribution in [3.8, 4) is 0 Å². The zero-order valence-corrected chi connectivity index (χ0v) is 4.52. The van der Waals surface area contributed by atoms with Crippen LogP contribution in [0.3, 0.4) is 0 Å². The van der Waals surface area contributed by atoms with Crippen LogP contribution in [0.2, 0.25) is 0 Å². The standard InChI is InChI=1S/C4H8N2.H3N/c1-6-3-2-5-4-6;/h2-3,5H,4H2,1H3;1H3. The highest BCUT2D eigenvalue weighted by Gasteiger charge is 1.90. The van der Waals surface area contributed by atoms with Crippen LogP contribution >= 0.6 is 0 Å². The van der Waals surface area contributed by atoms with Crippen molar-refractivity contribution in [2.75, 3.05) is 13.7 Å². The fourth-order valence-corrected chi connectivity index (χ4v) is 0.429. The summed E-state index contributed by atoms with van der Waals surface area (Å²) in [5.74, 6) is 0. The van der Waals surface area contributed by atoms with E-state index < -0.39 is 0 Å². The summed E-state index contributed by atoms with van der Waals surface area (Å²) in [4.78, 5) is 2.07. The van der Waals surface area contributed by atoms with Crippen LogP contribution in [0.5, 0.6) is 0 Å². The summed E-state index contributed by atoms with van der Waals surface area (Å²) >= 11 is 0. The van der Waals surface area contributed by atoms with Crippen LogP contribution in [0.4, 0.5) is 0 Å². The fourth-order valence-electron chi connectivity index (χ4n) is 0.429. The molecular weight excluding hydrogens is 90.1 g/mol. The van der Waals surface area contributed by atoms with Crippen LogP contribution in [0.1, 0.15) is 0 Å². The molecule has 1 heterocycles. The lowest BCUT2D eigenvalue weighted by atomic mass is 10.9. The molecule has 0 amide bonds. The summed E-state index contributed by atoms with van der Waals surface area (Å²) in [6, 6.07) is 0. The van der Waals surface area contributed by atoms with Crippen molar-refractivity contribution in [3.63, 3.8) is 0 Å². The molecule has 0 saturated heterocycles. The van der Waals surface area contributed by atoms with Crippen LogP contribution in [0.15, 0.2) is 12.4 Å². The predicted molar refractivity (Wildman–Crippen MR) is 29.9 cm³/mol. The minimum Gasteiger partial charge on any atom is -0.373 e. The van der Waals surface area contributed by atoms with Crippen LogP contribution in [-0.4, -0.2) is 18.6 Å². The van der Waals surface area contributed by atoms with Gasteiger partial charge in [-0.05, 0) is 0 Å². The van der Waals surface area contributed by atoms with Crippen molar-refractivity contribution in [2.24, 2.45) is 0 Å². The Morgan fingerprint density at radius 2 is 2.43 bits per heavy atom. The van der Waals surface area contributed by atoms with E-state index in [9.17, 15) is 0 Å². The van der Waals surface area contributed by atoms with Gasteiger partial charge in [-0.1, -0.05) is 0 Å². The molecule has 0 aromatic heterocycles. The first kappa shape index (κ1) is 6.30. The molecular formula is C4H11N3. The number of nitrogens with one attached hydrogen (secondary N) is 1. The zero-order valence-electron chi connectivity index (χ0n) is 4.52. The van der Waals surface area contributed by atoms with Crippen LogP contribution in [0.25, 0.3) is 0 Å². The zero-order chi connectivity index (χ0) is 4.41. The van der Waals surface area contributed by atoms with Gasteiger partial charge in [-0.15, -0.1) is 0 Å². The van der Waals surface area contributed by atoms with E-state index in [1.807, 2.05) is 19.4 Å². The van der Waals surface area contributed by atoms with Gasteiger partial charge in [-0.25, -0.2) is 0 Å². The Hall–Kier alpha value is -0.700. The molecule has 0 radical (unpaired) electrons. The van der Waals surface area contributed by atoms with Crippen LogP contribution in [-0.2, 0) is 0 Å². The molecule has 0 fully saturated rings. The van der Waals surface area contributed by atoms with Crippen LogP contribution in [0, 0.1) is 0 Å². The van der Waals surface area contributed by atoms with E-state index in [4.69, 9.17) is 0 Å². The second kappa shape index (κ2) is 2.47. The van der Waals surface area contributed by atoms with Crippen molar-refractivity contribution >= 4 is 0 Å². The number of rotatable bonds is 0. The molecule has 0 saturated carbocycles. The van der Waals surface area contributed by atoms with Crippen LogP contribution < -0.4 is 11.5 Å². The average Bonchev–Trinajstić information content (AvgIpc) is 1.86. The van der Waals surface area contributed by atoms with Gasteiger partial charge in [0.25, 0.3) is 0 Å². The van der Waals surface area contributed by atoms with Crippen molar-refractivity contribution in [2.45, 2.75) is 0 Å². The second-order valence-electron chi connectivity index (χ2n) is 1.43. The third kappa shape index (κ3) is 1.45. The molecule has 42 valence electrons. The molecule has 0 spiro atoms. The highest BCUT2D eigenvalue weighted by molar-refractivity contribution is 4.84. The molecule has 0 aromatic carbocycles. The summed E-state index contributed by atoms with van der Waals surface area (Å²) in [6.45, 7) is 0.958. The molecule has 1 aliphatic rings. The smallest absolute Gasteiger partial charge is 0.0864 e. The van der Waals surface area contributed by atoms with Crippen molar-refractivity contribution in [1.82, 2.24) is 16.4 Å². The number of hydrogen-bond acceptors (Lipinski definition) is 3. The topological polar surface area (TPSA) is 50.3 Å². The summed E-state index contributed by atoms with van der Waals surface area (Å²) in [6.07, 6.45) is 3.93. The summed E-state index contributed by atoms with van der Waals surface area (Å²) in [7, 11) is 2.02. The third-order valence-electron chi connectivity index (χ3n) is 0.788. The lowest BCUT2D eigenvalue weighted by Crippen LogP contribution is -2.14. The fraction of sp³-hybridized carbons (Fsp3) is 0.500. The minimum atomic E-state index is 0. The first-order chi connectivity index (χ1) is 2.89. The number of hydrogen-bond donors (Lipinski definition) is 2. The van der Waals surface area contributed by atoms with E-state index >= 15 is 0 Å². The Morgan fingerprint density at radius 1 is 1.71 bits per heavy atom. The van der Waals surface area contributed by atoms with Gasteiger partial charge in [0.05, 0.1) is 6.67 Å². The number of nitrogens with zero attached hydrogens (tertiary/aromatic N) is 1. The van der Waals surface area contributed by atoms with Gasteiger partial charge in [0.1, 0.15) is 0 Å². The highest BCUT2D eigenvalue weighted by Crippen LogP contribution is 1.84. The van der Waals surface area contributed by atoms with E-state index in [1.165, 1.54) is 0 Å². The third-order valence-corrected chi connectivity index (χ3v) is 0.788. The molecule has 4 N–H and O–H groups in total. The first-order valence-electron chi connectivity index (χ1n) is 2.00. The Balaban J connectivity index is 0.000000360. The van der Waals surface area contributed by atoms with E-state index in [2.05, 4.69) is 10.2 Å². The molecule has 3 heteroatoms. The maximum Gasteiger partial charge on any atom is 0.0864 e.